The van der Waals surface area contributed by atoms with Crippen LogP contribution in [-0.2, 0) is 16.1 Å². The first kappa shape index (κ1) is 29.1. The third-order valence-electron chi connectivity index (χ3n) is 9.99. The first-order valence-electron chi connectivity index (χ1n) is 15.7. The van der Waals surface area contributed by atoms with Crippen LogP contribution in [0.1, 0.15) is 72.6 Å². The highest BCUT2D eigenvalue weighted by atomic mass is 79.9. The molecule has 0 bridgehead atoms. The number of benzene rings is 1. The van der Waals surface area contributed by atoms with Crippen molar-refractivity contribution in [2.45, 2.75) is 77.9 Å². The van der Waals surface area contributed by atoms with E-state index in [1.165, 1.54) is 0 Å². The average molecular weight is 681 g/mol. The van der Waals surface area contributed by atoms with E-state index >= 15 is 0 Å². The standard InChI is InChI=1S/C35H34BrN7O3/c1-18-9-22(23-14-37-30-10-19(2)40-42(30)15-23)11-25-26(20(3)44)16-41(32(18)25)17-31(45)43-27(12-35(4)13-28(35)43)34(46)39-33-24(21-5-6-21)7-8-29(36)38-33/h7-11,14-16,21,27-28H,5-6,12-13,17H2,1-4H3,(H,38,39,46)/t27-,28+,35-/m0/s1. The lowest BCUT2D eigenvalue weighted by Gasteiger charge is -2.27. The van der Waals surface area contributed by atoms with Crippen molar-refractivity contribution in [3.63, 3.8) is 0 Å². The van der Waals surface area contributed by atoms with Gasteiger partial charge in [0.25, 0.3) is 0 Å². The van der Waals surface area contributed by atoms with Crippen molar-refractivity contribution in [3.05, 3.63) is 75.9 Å². The van der Waals surface area contributed by atoms with Crippen LogP contribution >= 0.6 is 15.9 Å². The Kier molecular flexibility index (Phi) is 6.51. The molecule has 3 aliphatic rings. The quantitative estimate of drug-likeness (QED) is 0.161. The zero-order valence-electron chi connectivity index (χ0n) is 26.2. The largest absolute Gasteiger partial charge is 0.337 e. The number of Topliss-reactive ketones (excluding diaryl/α,β-unsaturated/α-hetero) is 1. The first-order chi connectivity index (χ1) is 22.0. The zero-order valence-corrected chi connectivity index (χ0v) is 27.8. The number of anilines is 1. The van der Waals surface area contributed by atoms with Gasteiger partial charge in [0.1, 0.15) is 23.0 Å². The predicted molar refractivity (Wildman–Crippen MR) is 178 cm³/mol. The van der Waals surface area contributed by atoms with Crippen LogP contribution in [0, 0.1) is 19.3 Å². The number of pyridine rings is 1. The number of likely N-dealkylation sites (tertiary alicyclic amines) is 1. The van der Waals surface area contributed by atoms with Gasteiger partial charge >= 0.3 is 0 Å². The van der Waals surface area contributed by atoms with Gasteiger partial charge in [-0.1, -0.05) is 13.0 Å². The molecule has 1 aliphatic heterocycles. The van der Waals surface area contributed by atoms with Crippen LogP contribution < -0.4 is 5.32 Å². The molecule has 0 spiro atoms. The van der Waals surface area contributed by atoms with Crippen LogP contribution in [0.2, 0.25) is 0 Å². The Balaban J connectivity index is 1.11. The van der Waals surface area contributed by atoms with E-state index in [0.29, 0.717) is 28.3 Å². The number of halogens is 1. The number of amides is 2. The number of ketones is 1. The summed E-state index contributed by atoms with van der Waals surface area (Å²) in [5.74, 6) is 0.583. The van der Waals surface area contributed by atoms with Gasteiger partial charge in [-0.15, -0.1) is 0 Å². The Hall–Kier alpha value is -4.38. The summed E-state index contributed by atoms with van der Waals surface area (Å²) < 4.78 is 4.29. The number of carbonyl (C=O) groups excluding carboxylic acids is 3. The number of carbonyl (C=O) groups is 3. The van der Waals surface area contributed by atoms with Crippen molar-refractivity contribution in [1.82, 2.24) is 29.0 Å². The van der Waals surface area contributed by atoms with Crippen LogP contribution in [0.5, 0.6) is 0 Å². The number of fused-ring (bicyclic) bond motifs is 3. The molecular weight excluding hydrogens is 646 g/mol. The zero-order chi connectivity index (χ0) is 32.1. The number of nitrogens with zero attached hydrogens (tertiary/aromatic N) is 6. The third-order valence-corrected chi connectivity index (χ3v) is 10.4. The van der Waals surface area contributed by atoms with Gasteiger partial charge in [-0.05, 0) is 109 Å². The number of aromatic nitrogens is 5. The van der Waals surface area contributed by atoms with Gasteiger partial charge in [0.05, 0.1) is 11.2 Å². The summed E-state index contributed by atoms with van der Waals surface area (Å²) >= 11 is 3.44. The van der Waals surface area contributed by atoms with E-state index in [1.54, 1.807) is 22.5 Å². The highest BCUT2D eigenvalue weighted by Gasteiger charge is 2.64. The number of rotatable bonds is 7. The fourth-order valence-electron chi connectivity index (χ4n) is 7.43. The van der Waals surface area contributed by atoms with E-state index < -0.39 is 6.04 Å². The molecule has 5 aromatic rings. The van der Waals surface area contributed by atoms with Gasteiger partial charge in [0.2, 0.25) is 11.8 Å². The van der Waals surface area contributed by atoms with Gasteiger partial charge in [0.15, 0.2) is 11.4 Å². The Morgan fingerprint density at radius 3 is 2.63 bits per heavy atom. The summed E-state index contributed by atoms with van der Waals surface area (Å²) in [6.07, 6.45) is 9.20. The highest BCUT2D eigenvalue weighted by Crippen LogP contribution is 2.59. The van der Waals surface area contributed by atoms with Gasteiger partial charge in [-0.2, -0.15) is 5.10 Å². The molecule has 2 aliphatic carbocycles. The molecule has 2 saturated carbocycles. The van der Waals surface area contributed by atoms with Gasteiger partial charge < -0.3 is 14.8 Å². The molecule has 3 fully saturated rings. The van der Waals surface area contributed by atoms with E-state index in [-0.39, 0.29) is 35.6 Å². The van der Waals surface area contributed by atoms with E-state index in [2.05, 4.69) is 49.3 Å². The van der Waals surface area contributed by atoms with Crippen LogP contribution in [0.3, 0.4) is 0 Å². The maximum Gasteiger partial charge on any atom is 0.248 e. The Bertz CT molecular complexity index is 2130. The summed E-state index contributed by atoms with van der Waals surface area (Å²) in [4.78, 5) is 51.7. The smallest absolute Gasteiger partial charge is 0.248 e. The number of nitrogens with one attached hydrogen (secondary N) is 1. The molecule has 10 nitrogen and oxygen atoms in total. The lowest BCUT2D eigenvalue weighted by atomic mass is 10.0. The number of hydrogen-bond acceptors (Lipinski definition) is 6. The molecule has 0 unspecified atom stereocenters. The first-order valence-corrected chi connectivity index (χ1v) is 16.5. The van der Waals surface area contributed by atoms with E-state index in [1.807, 2.05) is 55.1 Å². The summed E-state index contributed by atoms with van der Waals surface area (Å²) in [5, 5.41) is 8.36. The second-order valence-electron chi connectivity index (χ2n) is 13.6. The topological polar surface area (TPSA) is 114 Å². The molecule has 1 N–H and O–H groups in total. The predicted octanol–water partition coefficient (Wildman–Crippen LogP) is 6.22. The Morgan fingerprint density at radius 1 is 1.07 bits per heavy atom. The highest BCUT2D eigenvalue weighted by molar-refractivity contribution is 9.10. The second-order valence-corrected chi connectivity index (χ2v) is 14.4. The van der Waals surface area contributed by atoms with Crippen molar-refractivity contribution in [1.29, 1.82) is 0 Å². The van der Waals surface area contributed by atoms with Gasteiger partial charge in [-0.3, -0.25) is 14.4 Å². The number of piperidine rings is 1. The summed E-state index contributed by atoms with van der Waals surface area (Å²) in [6.45, 7) is 7.65. The van der Waals surface area contributed by atoms with Gasteiger partial charge in [-0.25, -0.2) is 14.5 Å². The minimum absolute atomic E-state index is 0.0178. The van der Waals surface area contributed by atoms with Crippen molar-refractivity contribution >= 4 is 55.9 Å². The van der Waals surface area contributed by atoms with E-state index in [4.69, 9.17) is 0 Å². The number of aryl methyl sites for hydroxylation is 2. The second kappa shape index (κ2) is 10.3. The number of hydrogen-bond donors (Lipinski definition) is 1. The minimum Gasteiger partial charge on any atom is -0.337 e. The van der Waals surface area contributed by atoms with Crippen LogP contribution in [0.25, 0.3) is 27.7 Å². The molecule has 11 heteroatoms. The molecule has 46 heavy (non-hydrogen) atoms. The maximum atomic E-state index is 14.1. The Morgan fingerprint density at radius 2 is 1.87 bits per heavy atom. The SMILES string of the molecule is CC(=O)c1cn(CC(=O)N2[C@H](C(=O)Nc3nc(Br)ccc3C3CC3)C[C@@]3(C)C[C@@H]23)c2c(C)cc(-c3cnc4cc(C)nn4c3)cc12. The molecule has 5 heterocycles. The minimum atomic E-state index is -0.584. The molecule has 4 aromatic heterocycles. The third kappa shape index (κ3) is 4.83. The molecule has 1 aromatic carbocycles. The van der Waals surface area contributed by atoms with Gasteiger partial charge in [0, 0.05) is 47.2 Å². The Labute approximate surface area is 274 Å². The maximum absolute atomic E-state index is 14.1. The molecular formula is C35H34BrN7O3. The fourth-order valence-corrected chi connectivity index (χ4v) is 7.74. The summed E-state index contributed by atoms with van der Waals surface area (Å²) in [5.41, 5.74) is 6.74. The fraction of sp³-hybridized carbons (Fsp3) is 0.371. The van der Waals surface area contributed by atoms with E-state index in [0.717, 1.165) is 63.8 Å². The van der Waals surface area contributed by atoms with Crippen LogP contribution in [0.15, 0.2) is 53.5 Å². The summed E-state index contributed by atoms with van der Waals surface area (Å²) in [7, 11) is 0. The molecule has 2 amide bonds. The molecule has 234 valence electrons. The molecule has 3 atom stereocenters. The molecule has 1 saturated heterocycles. The van der Waals surface area contributed by atoms with Crippen molar-refractivity contribution in [3.8, 4) is 11.1 Å². The monoisotopic (exact) mass is 679 g/mol. The average Bonchev–Trinajstić information content (AvgIpc) is 3.84. The van der Waals surface area contributed by atoms with Crippen LogP contribution in [0.4, 0.5) is 5.82 Å². The molecule has 8 rings (SSSR count). The van der Waals surface area contributed by atoms with Crippen molar-refractivity contribution < 1.29 is 14.4 Å². The van der Waals surface area contributed by atoms with Crippen molar-refractivity contribution in [2.75, 3.05) is 5.32 Å². The van der Waals surface area contributed by atoms with Crippen LogP contribution in [-0.4, -0.2) is 58.7 Å². The lowest BCUT2D eigenvalue weighted by Crippen LogP contribution is -2.46. The molecule has 0 radical (unpaired) electrons. The normalized spacial score (nSPS) is 22.0. The van der Waals surface area contributed by atoms with Crippen molar-refractivity contribution in [2.24, 2.45) is 5.41 Å². The summed E-state index contributed by atoms with van der Waals surface area (Å²) in [6, 6.07) is 9.33. The lowest BCUT2D eigenvalue weighted by molar-refractivity contribution is -0.138. The van der Waals surface area contributed by atoms with E-state index in [9.17, 15) is 14.4 Å².